The molecule has 2 fully saturated rings. The number of hydrogen-bond acceptors (Lipinski definition) is 4. The third-order valence-corrected chi connectivity index (χ3v) is 6.17. The SMILES string of the molecule is CCOc1ccc(C(=O)NC2CC3CCC(C2)N3Cc2ccc(OC)cc2)cc1. The van der Waals surface area contributed by atoms with Crippen molar-refractivity contribution in [2.75, 3.05) is 13.7 Å². The van der Waals surface area contributed by atoms with Crippen LogP contribution < -0.4 is 14.8 Å². The molecular weight excluding hydrogens is 364 g/mol. The van der Waals surface area contributed by atoms with Crippen molar-refractivity contribution in [1.29, 1.82) is 0 Å². The van der Waals surface area contributed by atoms with Gasteiger partial charge in [0.1, 0.15) is 11.5 Å². The second-order valence-corrected chi connectivity index (χ2v) is 8.00. The number of carbonyl (C=O) groups is 1. The molecule has 0 radical (unpaired) electrons. The first-order valence-corrected chi connectivity index (χ1v) is 10.6. The number of piperidine rings is 1. The van der Waals surface area contributed by atoms with Gasteiger partial charge < -0.3 is 14.8 Å². The Balaban J connectivity index is 1.34. The number of ether oxygens (including phenoxy) is 2. The summed E-state index contributed by atoms with van der Waals surface area (Å²) in [5.41, 5.74) is 2.01. The predicted octanol–water partition coefficient (Wildman–Crippen LogP) is 4.02. The highest BCUT2D eigenvalue weighted by atomic mass is 16.5. The molecule has 154 valence electrons. The van der Waals surface area contributed by atoms with Gasteiger partial charge in [-0.15, -0.1) is 0 Å². The third kappa shape index (κ3) is 4.56. The number of amides is 1. The minimum Gasteiger partial charge on any atom is -0.497 e. The summed E-state index contributed by atoms with van der Waals surface area (Å²) < 4.78 is 10.7. The minimum atomic E-state index is 0.0149. The van der Waals surface area contributed by atoms with Gasteiger partial charge in [-0.3, -0.25) is 9.69 Å². The second kappa shape index (κ2) is 8.87. The van der Waals surface area contributed by atoms with E-state index in [1.807, 2.05) is 43.3 Å². The molecule has 1 N–H and O–H groups in total. The Kier molecular flexibility index (Phi) is 6.05. The van der Waals surface area contributed by atoms with Crippen LogP contribution in [0.5, 0.6) is 11.5 Å². The van der Waals surface area contributed by atoms with Gasteiger partial charge in [0.15, 0.2) is 0 Å². The van der Waals surface area contributed by atoms with Crippen molar-refractivity contribution >= 4 is 5.91 Å². The molecule has 2 atom stereocenters. The average Bonchev–Trinajstić information content (AvgIpc) is 2.97. The molecule has 0 spiro atoms. The number of hydrogen-bond donors (Lipinski definition) is 1. The van der Waals surface area contributed by atoms with Gasteiger partial charge in [-0.25, -0.2) is 0 Å². The maximum Gasteiger partial charge on any atom is 0.251 e. The summed E-state index contributed by atoms with van der Waals surface area (Å²) in [6.07, 6.45) is 4.48. The predicted molar refractivity (Wildman–Crippen MR) is 113 cm³/mol. The first-order valence-electron chi connectivity index (χ1n) is 10.6. The van der Waals surface area contributed by atoms with E-state index in [2.05, 4.69) is 22.3 Å². The van der Waals surface area contributed by atoms with Crippen molar-refractivity contribution in [2.24, 2.45) is 0 Å². The molecule has 2 unspecified atom stereocenters. The fourth-order valence-electron chi connectivity index (χ4n) is 4.73. The van der Waals surface area contributed by atoms with Crippen molar-refractivity contribution in [1.82, 2.24) is 10.2 Å². The highest BCUT2D eigenvalue weighted by molar-refractivity contribution is 5.94. The van der Waals surface area contributed by atoms with Crippen LogP contribution in [0, 0.1) is 0 Å². The van der Waals surface area contributed by atoms with E-state index < -0.39 is 0 Å². The monoisotopic (exact) mass is 394 g/mol. The molecule has 2 bridgehead atoms. The first-order chi connectivity index (χ1) is 14.2. The van der Waals surface area contributed by atoms with E-state index in [4.69, 9.17) is 9.47 Å². The van der Waals surface area contributed by atoms with E-state index in [1.54, 1.807) is 7.11 Å². The molecule has 2 aliphatic heterocycles. The number of benzene rings is 2. The molecule has 4 rings (SSSR count). The maximum atomic E-state index is 12.7. The lowest BCUT2D eigenvalue weighted by Gasteiger charge is -2.39. The molecular formula is C24H30N2O3. The van der Waals surface area contributed by atoms with Gasteiger partial charge in [-0.05, 0) is 74.6 Å². The zero-order valence-corrected chi connectivity index (χ0v) is 17.3. The van der Waals surface area contributed by atoms with Crippen LogP contribution in [0.25, 0.3) is 0 Å². The Morgan fingerprint density at radius 3 is 2.21 bits per heavy atom. The van der Waals surface area contributed by atoms with Crippen molar-refractivity contribution in [2.45, 2.75) is 57.3 Å². The van der Waals surface area contributed by atoms with Crippen molar-refractivity contribution in [3.8, 4) is 11.5 Å². The molecule has 5 nitrogen and oxygen atoms in total. The van der Waals surface area contributed by atoms with E-state index in [0.29, 0.717) is 24.3 Å². The molecule has 2 aliphatic rings. The molecule has 0 aromatic heterocycles. The van der Waals surface area contributed by atoms with Gasteiger partial charge >= 0.3 is 0 Å². The van der Waals surface area contributed by atoms with Crippen LogP contribution >= 0.6 is 0 Å². The maximum absolute atomic E-state index is 12.7. The summed E-state index contributed by atoms with van der Waals surface area (Å²) in [6.45, 7) is 3.55. The van der Waals surface area contributed by atoms with Crippen LogP contribution in [0.15, 0.2) is 48.5 Å². The molecule has 2 aromatic rings. The van der Waals surface area contributed by atoms with Crippen LogP contribution in [0.3, 0.4) is 0 Å². The summed E-state index contributed by atoms with van der Waals surface area (Å²) in [4.78, 5) is 15.3. The Hall–Kier alpha value is -2.53. The Bertz CT molecular complexity index is 805. The fourth-order valence-corrected chi connectivity index (χ4v) is 4.73. The lowest BCUT2D eigenvalue weighted by molar-refractivity contribution is 0.0828. The van der Waals surface area contributed by atoms with E-state index >= 15 is 0 Å². The highest BCUT2D eigenvalue weighted by Gasteiger charge is 2.40. The standard InChI is InChI=1S/C24H30N2O3/c1-3-29-23-12-6-18(7-13-23)24(27)25-19-14-20-8-9-21(15-19)26(20)16-17-4-10-22(28-2)11-5-17/h4-7,10-13,19-21H,3,8-9,14-16H2,1-2H3,(H,25,27). The van der Waals surface area contributed by atoms with Crippen LogP contribution in [0.4, 0.5) is 0 Å². The molecule has 0 saturated carbocycles. The van der Waals surface area contributed by atoms with Crippen molar-refractivity contribution in [3.05, 3.63) is 59.7 Å². The average molecular weight is 395 g/mol. The molecule has 0 aliphatic carbocycles. The lowest BCUT2D eigenvalue weighted by Crippen LogP contribution is -2.49. The summed E-state index contributed by atoms with van der Waals surface area (Å²) in [6, 6.07) is 17.1. The summed E-state index contributed by atoms with van der Waals surface area (Å²) in [7, 11) is 1.70. The summed E-state index contributed by atoms with van der Waals surface area (Å²) >= 11 is 0. The van der Waals surface area contributed by atoms with Crippen LogP contribution in [-0.2, 0) is 6.54 Å². The topological polar surface area (TPSA) is 50.8 Å². The molecule has 29 heavy (non-hydrogen) atoms. The number of methoxy groups -OCH3 is 1. The van der Waals surface area contributed by atoms with E-state index in [0.717, 1.165) is 30.9 Å². The van der Waals surface area contributed by atoms with Gasteiger partial charge in [0.05, 0.1) is 13.7 Å². The van der Waals surface area contributed by atoms with E-state index in [9.17, 15) is 4.79 Å². The number of rotatable bonds is 7. The number of carbonyl (C=O) groups excluding carboxylic acids is 1. The normalized spacial score (nSPS) is 23.6. The third-order valence-electron chi connectivity index (χ3n) is 6.17. The Labute approximate surface area is 173 Å². The largest absolute Gasteiger partial charge is 0.497 e. The number of fused-ring (bicyclic) bond motifs is 2. The highest BCUT2D eigenvalue weighted by Crippen LogP contribution is 2.37. The quantitative estimate of drug-likeness (QED) is 0.771. The molecule has 5 heteroatoms. The van der Waals surface area contributed by atoms with Crippen molar-refractivity contribution in [3.63, 3.8) is 0 Å². The Morgan fingerprint density at radius 2 is 1.62 bits per heavy atom. The number of nitrogens with one attached hydrogen (secondary N) is 1. The zero-order valence-electron chi connectivity index (χ0n) is 17.3. The van der Waals surface area contributed by atoms with Gasteiger partial charge in [-0.1, -0.05) is 12.1 Å². The first kappa shape index (κ1) is 19.8. The van der Waals surface area contributed by atoms with Crippen LogP contribution in [-0.4, -0.2) is 42.6 Å². The summed E-state index contributed by atoms with van der Waals surface area (Å²) in [5, 5.41) is 3.26. The minimum absolute atomic E-state index is 0.0149. The number of nitrogens with zero attached hydrogens (tertiary/aromatic N) is 1. The molecule has 2 heterocycles. The van der Waals surface area contributed by atoms with Gasteiger partial charge in [0.2, 0.25) is 0 Å². The molecule has 1 amide bonds. The second-order valence-electron chi connectivity index (χ2n) is 8.00. The molecule has 2 saturated heterocycles. The fraction of sp³-hybridized carbons (Fsp3) is 0.458. The molecule has 2 aromatic carbocycles. The van der Waals surface area contributed by atoms with E-state index in [1.165, 1.54) is 18.4 Å². The van der Waals surface area contributed by atoms with Gasteiger partial charge in [0.25, 0.3) is 5.91 Å². The van der Waals surface area contributed by atoms with Crippen molar-refractivity contribution < 1.29 is 14.3 Å². The lowest BCUT2D eigenvalue weighted by atomic mass is 9.96. The summed E-state index contributed by atoms with van der Waals surface area (Å²) in [5.74, 6) is 1.71. The van der Waals surface area contributed by atoms with Crippen LogP contribution in [0.1, 0.15) is 48.5 Å². The smallest absolute Gasteiger partial charge is 0.251 e. The van der Waals surface area contributed by atoms with Crippen LogP contribution in [0.2, 0.25) is 0 Å². The van der Waals surface area contributed by atoms with Gasteiger partial charge in [-0.2, -0.15) is 0 Å². The van der Waals surface area contributed by atoms with E-state index in [-0.39, 0.29) is 11.9 Å². The zero-order chi connectivity index (χ0) is 20.2. The van der Waals surface area contributed by atoms with Gasteiger partial charge in [0, 0.05) is 30.2 Å². The Morgan fingerprint density at radius 1 is 1.00 bits per heavy atom.